The maximum Gasteiger partial charge on any atom is 0.278 e. The zero-order valence-electron chi connectivity index (χ0n) is 10.3. The van der Waals surface area contributed by atoms with Crippen molar-refractivity contribution in [1.29, 1.82) is 0 Å². The van der Waals surface area contributed by atoms with E-state index in [9.17, 15) is 10.1 Å². The van der Waals surface area contributed by atoms with Crippen LogP contribution in [0.3, 0.4) is 0 Å². The Morgan fingerprint density at radius 2 is 2.00 bits per heavy atom. The summed E-state index contributed by atoms with van der Waals surface area (Å²) in [6.07, 6.45) is 3.17. The van der Waals surface area contributed by atoms with E-state index in [4.69, 9.17) is 5.73 Å². The molecule has 2 aromatic rings. The average Bonchev–Trinajstić information content (AvgIpc) is 2.36. The third kappa shape index (κ3) is 2.04. The van der Waals surface area contributed by atoms with Gasteiger partial charge in [0.15, 0.2) is 0 Å². The molecule has 94 valence electrons. The number of nitro benzene ring substituents is 1. The Morgan fingerprint density at radius 3 is 2.61 bits per heavy atom. The second kappa shape index (κ2) is 4.70. The minimum absolute atomic E-state index is 0.0113. The van der Waals surface area contributed by atoms with E-state index in [-0.39, 0.29) is 22.6 Å². The zero-order chi connectivity index (χ0) is 13.3. The van der Waals surface area contributed by atoms with E-state index in [2.05, 4.69) is 4.98 Å². The summed E-state index contributed by atoms with van der Waals surface area (Å²) in [5.41, 5.74) is 7.01. The van der Waals surface area contributed by atoms with Crippen molar-refractivity contribution in [3.8, 4) is 0 Å². The van der Waals surface area contributed by atoms with E-state index in [1.165, 1.54) is 12.3 Å². The Labute approximate surface area is 105 Å². The number of nitrogens with zero attached hydrogens (tertiary/aromatic N) is 2. The molecule has 2 atom stereocenters. The van der Waals surface area contributed by atoms with E-state index in [0.717, 1.165) is 10.9 Å². The van der Waals surface area contributed by atoms with Crippen LogP contribution >= 0.6 is 0 Å². The van der Waals surface area contributed by atoms with Crippen LogP contribution in [-0.4, -0.2) is 15.9 Å². The number of pyridine rings is 1. The van der Waals surface area contributed by atoms with E-state index in [0.29, 0.717) is 5.39 Å². The number of hydrogen-bond acceptors (Lipinski definition) is 4. The summed E-state index contributed by atoms with van der Waals surface area (Å²) in [6.45, 7) is 3.95. The number of nitrogens with two attached hydrogens (primary N) is 1. The fourth-order valence-corrected chi connectivity index (χ4v) is 2.04. The minimum atomic E-state index is -0.385. The lowest BCUT2D eigenvalue weighted by atomic mass is 9.90. The van der Waals surface area contributed by atoms with Crippen LogP contribution in [0.2, 0.25) is 0 Å². The molecule has 5 heteroatoms. The van der Waals surface area contributed by atoms with E-state index < -0.39 is 0 Å². The van der Waals surface area contributed by atoms with Crippen molar-refractivity contribution in [1.82, 2.24) is 4.98 Å². The molecule has 0 aliphatic rings. The monoisotopic (exact) mass is 245 g/mol. The molecule has 0 radical (unpaired) electrons. The van der Waals surface area contributed by atoms with Crippen LogP contribution in [-0.2, 0) is 0 Å². The molecule has 2 rings (SSSR count). The van der Waals surface area contributed by atoms with Gasteiger partial charge < -0.3 is 5.73 Å². The van der Waals surface area contributed by atoms with Crippen LogP contribution in [0.4, 0.5) is 5.69 Å². The summed E-state index contributed by atoms with van der Waals surface area (Å²) in [5.74, 6) is 0.135. The van der Waals surface area contributed by atoms with E-state index >= 15 is 0 Å². The van der Waals surface area contributed by atoms with Gasteiger partial charge in [-0.15, -0.1) is 0 Å². The third-order valence-corrected chi connectivity index (χ3v) is 3.30. The highest BCUT2D eigenvalue weighted by molar-refractivity contribution is 5.92. The van der Waals surface area contributed by atoms with Crippen molar-refractivity contribution in [2.75, 3.05) is 0 Å². The standard InChI is InChI=1S/C13H15N3O2/c1-8(9(2)14)10-3-4-13(16(17)18)12-7-15-6-5-11(10)12/h3-9H,14H2,1-2H3. The Morgan fingerprint density at radius 1 is 1.28 bits per heavy atom. The van der Waals surface area contributed by atoms with Gasteiger partial charge in [0.1, 0.15) is 0 Å². The lowest BCUT2D eigenvalue weighted by molar-refractivity contribution is -0.383. The van der Waals surface area contributed by atoms with Gasteiger partial charge in [-0.25, -0.2) is 0 Å². The smallest absolute Gasteiger partial charge is 0.278 e. The zero-order valence-corrected chi connectivity index (χ0v) is 10.3. The Bertz CT molecular complexity index is 596. The van der Waals surface area contributed by atoms with Crippen molar-refractivity contribution >= 4 is 16.5 Å². The van der Waals surface area contributed by atoms with Gasteiger partial charge in [-0.3, -0.25) is 15.1 Å². The highest BCUT2D eigenvalue weighted by Crippen LogP contribution is 2.32. The topological polar surface area (TPSA) is 82.0 Å². The molecular formula is C13H15N3O2. The molecule has 0 aliphatic carbocycles. The fraction of sp³-hybridized carbons (Fsp3) is 0.308. The van der Waals surface area contributed by atoms with Gasteiger partial charge in [0.25, 0.3) is 5.69 Å². The second-order valence-corrected chi connectivity index (χ2v) is 4.50. The molecule has 2 unspecified atom stereocenters. The summed E-state index contributed by atoms with van der Waals surface area (Å²) in [6, 6.07) is 5.10. The molecule has 0 fully saturated rings. The number of benzene rings is 1. The number of non-ortho nitro benzene ring substituents is 1. The lowest BCUT2D eigenvalue weighted by Crippen LogP contribution is -2.22. The van der Waals surface area contributed by atoms with Gasteiger partial charge in [-0.2, -0.15) is 0 Å². The first-order valence-corrected chi connectivity index (χ1v) is 5.79. The summed E-state index contributed by atoms with van der Waals surface area (Å²) >= 11 is 0. The lowest BCUT2D eigenvalue weighted by Gasteiger charge is -2.18. The van der Waals surface area contributed by atoms with Gasteiger partial charge in [-0.1, -0.05) is 13.0 Å². The maximum absolute atomic E-state index is 11.0. The highest BCUT2D eigenvalue weighted by Gasteiger charge is 2.18. The minimum Gasteiger partial charge on any atom is -0.327 e. The van der Waals surface area contributed by atoms with E-state index in [1.54, 1.807) is 18.3 Å². The highest BCUT2D eigenvalue weighted by atomic mass is 16.6. The van der Waals surface area contributed by atoms with Crippen LogP contribution in [0, 0.1) is 10.1 Å². The summed E-state index contributed by atoms with van der Waals surface area (Å²) in [7, 11) is 0. The molecule has 1 heterocycles. The van der Waals surface area contributed by atoms with Gasteiger partial charge in [0, 0.05) is 24.5 Å². The van der Waals surface area contributed by atoms with Crippen molar-refractivity contribution in [3.05, 3.63) is 46.3 Å². The SMILES string of the molecule is CC(N)C(C)c1ccc([N+](=O)[O-])c2cnccc12. The van der Waals surface area contributed by atoms with Crippen LogP contribution in [0.15, 0.2) is 30.6 Å². The van der Waals surface area contributed by atoms with Crippen LogP contribution in [0.5, 0.6) is 0 Å². The summed E-state index contributed by atoms with van der Waals surface area (Å²) in [5, 5.41) is 12.4. The predicted octanol–water partition coefficient (Wildman–Crippen LogP) is 2.59. The molecule has 0 amide bonds. The average molecular weight is 245 g/mol. The quantitative estimate of drug-likeness (QED) is 0.665. The van der Waals surface area contributed by atoms with Crippen molar-refractivity contribution in [2.45, 2.75) is 25.8 Å². The van der Waals surface area contributed by atoms with E-state index in [1.807, 2.05) is 13.8 Å². The number of aromatic nitrogens is 1. The van der Waals surface area contributed by atoms with Crippen molar-refractivity contribution in [3.63, 3.8) is 0 Å². The van der Waals surface area contributed by atoms with Gasteiger partial charge in [-0.05, 0) is 29.9 Å². The molecule has 0 saturated carbocycles. The van der Waals surface area contributed by atoms with Gasteiger partial charge >= 0.3 is 0 Å². The third-order valence-electron chi connectivity index (χ3n) is 3.30. The second-order valence-electron chi connectivity index (χ2n) is 4.50. The molecule has 1 aromatic carbocycles. The normalized spacial score (nSPS) is 14.4. The molecule has 0 aliphatic heterocycles. The number of hydrogen-bond donors (Lipinski definition) is 1. The van der Waals surface area contributed by atoms with Crippen molar-refractivity contribution < 1.29 is 4.92 Å². The molecule has 0 spiro atoms. The Kier molecular flexibility index (Phi) is 3.25. The molecule has 0 bridgehead atoms. The van der Waals surface area contributed by atoms with Gasteiger partial charge in [0.05, 0.1) is 10.3 Å². The predicted molar refractivity (Wildman–Crippen MR) is 70.5 cm³/mol. The van der Waals surface area contributed by atoms with Crippen LogP contribution in [0.25, 0.3) is 10.8 Å². The fourth-order valence-electron chi connectivity index (χ4n) is 2.04. The first-order valence-electron chi connectivity index (χ1n) is 5.79. The molecule has 5 nitrogen and oxygen atoms in total. The van der Waals surface area contributed by atoms with Gasteiger partial charge in [0.2, 0.25) is 0 Å². The Balaban J connectivity index is 2.72. The number of nitro groups is 1. The largest absolute Gasteiger partial charge is 0.327 e. The number of fused-ring (bicyclic) bond motifs is 1. The van der Waals surface area contributed by atoms with Crippen LogP contribution < -0.4 is 5.73 Å². The van der Waals surface area contributed by atoms with Crippen LogP contribution in [0.1, 0.15) is 25.3 Å². The number of rotatable bonds is 3. The molecule has 1 aromatic heterocycles. The summed E-state index contributed by atoms with van der Waals surface area (Å²) < 4.78 is 0. The Hall–Kier alpha value is -2.01. The first kappa shape index (κ1) is 12.4. The maximum atomic E-state index is 11.0. The molecule has 0 saturated heterocycles. The van der Waals surface area contributed by atoms with Crippen molar-refractivity contribution in [2.24, 2.45) is 5.73 Å². The first-order chi connectivity index (χ1) is 8.52. The summed E-state index contributed by atoms with van der Waals surface area (Å²) in [4.78, 5) is 14.6. The molecule has 18 heavy (non-hydrogen) atoms. The molecule has 2 N–H and O–H groups in total. The molecular weight excluding hydrogens is 230 g/mol.